The predicted molar refractivity (Wildman–Crippen MR) is 125 cm³/mol. The fourth-order valence-electron chi connectivity index (χ4n) is 3.37. The van der Waals surface area contributed by atoms with Gasteiger partial charge in [0.2, 0.25) is 0 Å². The molecule has 0 saturated carbocycles. The Morgan fingerprint density at radius 3 is 1.77 bits per heavy atom. The molecule has 0 atom stereocenters. The van der Waals surface area contributed by atoms with E-state index in [0.29, 0.717) is 5.56 Å². The lowest BCUT2D eigenvalue weighted by Crippen LogP contribution is -2.29. The third kappa shape index (κ3) is 5.00. The van der Waals surface area contributed by atoms with Crippen LogP contribution in [0.15, 0.2) is 120 Å². The van der Waals surface area contributed by atoms with Crippen molar-refractivity contribution in [3.8, 4) is 0 Å². The number of benzene rings is 4. The molecule has 0 radical (unpaired) electrons. The molecule has 0 aliphatic carbocycles. The molecule has 0 spiro atoms. The molecule has 2 nitrogen and oxygen atoms in total. The Labute approximate surface area is 182 Å². The van der Waals surface area contributed by atoms with Crippen LogP contribution in [0.2, 0.25) is 0 Å². The molecule has 30 heavy (non-hydrogen) atoms. The summed E-state index contributed by atoms with van der Waals surface area (Å²) >= 11 is 1.69. The van der Waals surface area contributed by atoms with Gasteiger partial charge in [-0.1, -0.05) is 103 Å². The van der Waals surface area contributed by atoms with E-state index in [9.17, 15) is 4.79 Å². The van der Waals surface area contributed by atoms with Crippen molar-refractivity contribution in [2.24, 2.45) is 0 Å². The summed E-state index contributed by atoms with van der Waals surface area (Å²) in [6, 6.07) is 38.1. The highest BCUT2D eigenvalue weighted by Gasteiger charge is 2.19. The Morgan fingerprint density at radius 1 is 0.667 bits per heavy atom. The second-order valence-corrected chi connectivity index (χ2v) is 8.02. The molecule has 4 rings (SSSR count). The van der Waals surface area contributed by atoms with Gasteiger partial charge >= 0.3 is 0 Å². The summed E-state index contributed by atoms with van der Waals surface area (Å²) in [6.07, 6.45) is 0. The van der Waals surface area contributed by atoms with Crippen LogP contribution in [0, 0.1) is 0 Å². The van der Waals surface area contributed by atoms with Gasteiger partial charge in [0, 0.05) is 10.6 Å². The second-order valence-electron chi connectivity index (χ2n) is 7.00. The average molecular weight is 410 g/mol. The summed E-state index contributed by atoms with van der Waals surface area (Å²) in [7, 11) is 0. The summed E-state index contributed by atoms with van der Waals surface area (Å²) in [5.74, 6) is 0.759. The van der Waals surface area contributed by atoms with E-state index in [2.05, 4.69) is 17.4 Å². The predicted octanol–water partition coefficient (Wildman–Crippen LogP) is 6.50. The highest BCUT2D eigenvalue weighted by Crippen LogP contribution is 2.28. The highest BCUT2D eigenvalue weighted by atomic mass is 32.2. The summed E-state index contributed by atoms with van der Waals surface area (Å²) < 4.78 is 0. The molecule has 3 heteroatoms. The molecule has 0 aliphatic rings. The topological polar surface area (TPSA) is 29.1 Å². The standard InChI is InChI=1S/C27H23NOS/c29-27(24-18-10-11-19-25(24)30-20-21-12-4-1-5-13-21)28-26(22-14-6-2-7-15-22)23-16-8-3-9-17-23/h1-19,26H,20H2,(H,28,29). The van der Waals surface area contributed by atoms with Gasteiger partial charge in [-0.25, -0.2) is 0 Å². The molecule has 0 fully saturated rings. The molecular formula is C27H23NOS. The van der Waals surface area contributed by atoms with E-state index in [1.54, 1.807) is 11.8 Å². The first-order valence-electron chi connectivity index (χ1n) is 9.98. The summed E-state index contributed by atoms with van der Waals surface area (Å²) in [5.41, 5.74) is 4.07. The van der Waals surface area contributed by atoms with Crippen molar-refractivity contribution in [3.05, 3.63) is 138 Å². The van der Waals surface area contributed by atoms with Crippen LogP contribution in [0.4, 0.5) is 0 Å². The van der Waals surface area contributed by atoms with E-state index in [-0.39, 0.29) is 11.9 Å². The average Bonchev–Trinajstić information content (AvgIpc) is 2.83. The van der Waals surface area contributed by atoms with Crippen LogP contribution in [-0.2, 0) is 5.75 Å². The first-order valence-corrected chi connectivity index (χ1v) is 11.0. The molecule has 148 valence electrons. The molecule has 1 amide bonds. The molecule has 1 N–H and O–H groups in total. The summed E-state index contributed by atoms with van der Waals surface area (Å²) in [5, 5.41) is 3.25. The van der Waals surface area contributed by atoms with Gasteiger partial charge in [0.1, 0.15) is 0 Å². The van der Waals surface area contributed by atoms with Gasteiger partial charge in [0.05, 0.1) is 11.6 Å². The van der Waals surface area contributed by atoms with Crippen molar-refractivity contribution in [3.63, 3.8) is 0 Å². The Balaban J connectivity index is 1.57. The zero-order valence-corrected chi connectivity index (χ0v) is 17.4. The van der Waals surface area contributed by atoms with Gasteiger partial charge in [-0.15, -0.1) is 11.8 Å². The second kappa shape index (κ2) is 9.95. The molecule has 0 aliphatic heterocycles. The number of carbonyl (C=O) groups excluding carboxylic acids is 1. The van der Waals surface area contributed by atoms with Crippen molar-refractivity contribution in [1.29, 1.82) is 0 Å². The van der Waals surface area contributed by atoms with Crippen molar-refractivity contribution >= 4 is 17.7 Å². The smallest absolute Gasteiger partial charge is 0.253 e. The maximum atomic E-state index is 13.3. The quantitative estimate of drug-likeness (QED) is 0.353. The van der Waals surface area contributed by atoms with E-state index in [4.69, 9.17) is 0 Å². The third-order valence-corrected chi connectivity index (χ3v) is 6.05. The normalized spacial score (nSPS) is 10.7. The van der Waals surface area contributed by atoms with Crippen LogP contribution < -0.4 is 5.32 Å². The summed E-state index contributed by atoms with van der Waals surface area (Å²) in [6.45, 7) is 0. The fourth-order valence-corrected chi connectivity index (χ4v) is 4.38. The lowest BCUT2D eigenvalue weighted by atomic mass is 9.98. The van der Waals surface area contributed by atoms with E-state index in [1.807, 2.05) is 103 Å². The largest absolute Gasteiger partial charge is 0.341 e. The zero-order chi connectivity index (χ0) is 20.6. The van der Waals surface area contributed by atoms with Crippen LogP contribution in [-0.4, -0.2) is 5.91 Å². The monoisotopic (exact) mass is 409 g/mol. The molecule has 0 heterocycles. The molecule has 0 aromatic heterocycles. The van der Waals surface area contributed by atoms with Gasteiger partial charge in [-0.3, -0.25) is 4.79 Å². The van der Waals surface area contributed by atoms with E-state index in [0.717, 1.165) is 21.8 Å². The lowest BCUT2D eigenvalue weighted by molar-refractivity contribution is 0.0940. The Hall–Kier alpha value is -3.30. The third-order valence-electron chi connectivity index (χ3n) is 4.91. The molecular weight excluding hydrogens is 386 g/mol. The Morgan fingerprint density at radius 2 is 1.17 bits per heavy atom. The van der Waals surface area contributed by atoms with E-state index >= 15 is 0 Å². The number of rotatable bonds is 7. The maximum absolute atomic E-state index is 13.3. The Kier molecular flexibility index (Phi) is 6.63. The van der Waals surface area contributed by atoms with Crippen LogP contribution in [0.3, 0.4) is 0 Å². The van der Waals surface area contributed by atoms with Crippen molar-refractivity contribution in [1.82, 2.24) is 5.32 Å². The van der Waals surface area contributed by atoms with Crippen LogP contribution in [0.5, 0.6) is 0 Å². The maximum Gasteiger partial charge on any atom is 0.253 e. The van der Waals surface area contributed by atoms with E-state index < -0.39 is 0 Å². The number of hydrogen-bond donors (Lipinski definition) is 1. The van der Waals surface area contributed by atoms with Gasteiger partial charge in [0.15, 0.2) is 0 Å². The van der Waals surface area contributed by atoms with Gasteiger partial charge < -0.3 is 5.32 Å². The first kappa shape index (κ1) is 20.0. The van der Waals surface area contributed by atoms with Crippen LogP contribution in [0.25, 0.3) is 0 Å². The minimum absolute atomic E-state index is 0.0659. The summed E-state index contributed by atoms with van der Waals surface area (Å²) in [4.78, 5) is 14.3. The van der Waals surface area contributed by atoms with Crippen molar-refractivity contribution < 1.29 is 4.79 Å². The number of hydrogen-bond acceptors (Lipinski definition) is 2. The molecule has 0 saturated heterocycles. The van der Waals surface area contributed by atoms with Crippen molar-refractivity contribution in [2.45, 2.75) is 16.7 Å². The van der Waals surface area contributed by atoms with E-state index in [1.165, 1.54) is 5.56 Å². The van der Waals surface area contributed by atoms with Gasteiger partial charge in [-0.05, 0) is 28.8 Å². The SMILES string of the molecule is O=C(NC(c1ccccc1)c1ccccc1)c1ccccc1SCc1ccccc1. The first-order chi connectivity index (χ1) is 14.8. The minimum atomic E-state index is -0.202. The molecule has 4 aromatic rings. The zero-order valence-electron chi connectivity index (χ0n) is 16.6. The number of carbonyl (C=O) groups is 1. The molecule has 4 aromatic carbocycles. The molecule has 0 bridgehead atoms. The minimum Gasteiger partial charge on any atom is -0.341 e. The van der Waals surface area contributed by atoms with Crippen molar-refractivity contribution in [2.75, 3.05) is 0 Å². The number of amides is 1. The van der Waals surface area contributed by atoms with Crippen LogP contribution in [0.1, 0.15) is 33.1 Å². The Bertz CT molecular complexity index is 1040. The number of nitrogens with one attached hydrogen (secondary N) is 1. The fraction of sp³-hybridized carbons (Fsp3) is 0.0741. The van der Waals surface area contributed by atoms with Gasteiger partial charge in [-0.2, -0.15) is 0 Å². The lowest BCUT2D eigenvalue weighted by Gasteiger charge is -2.21. The number of thioether (sulfide) groups is 1. The van der Waals surface area contributed by atoms with Crippen LogP contribution >= 0.6 is 11.8 Å². The highest BCUT2D eigenvalue weighted by molar-refractivity contribution is 7.98. The van der Waals surface area contributed by atoms with Gasteiger partial charge in [0.25, 0.3) is 5.91 Å². The molecule has 0 unspecified atom stereocenters.